The number of halogens is 1. The SMILES string of the molecule is COc1ccc(C(N)c2cc(C)c(F)c(C)c2)cc1OC. The average Bonchev–Trinajstić information content (AvgIpc) is 2.50. The fourth-order valence-corrected chi connectivity index (χ4v) is 2.40. The van der Waals surface area contributed by atoms with E-state index >= 15 is 0 Å². The van der Waals surface area contributed by atoms with E-state index in [0.29, 0.717) is 22.6 Å². The number of nitrogens with two attached hydrogens (primary N) is 1. The highest BCUT2D eigenvalue weighted by Crippen LogP contribution is 2.32. The van der Waals surface area contributed by atoms with Crippen LogP contribution in [0.1, 0.15) is 28.3 Å². The molecule has 2 N–H and O–H groups in total. The molecule has 1 atom stereocenters. The lowest BCUT2D eigenvalue weighted by atomic mass is 9.96. The fourth-order valence-electron chi connectivity index (χ4n) is 2.40. The van der Waals surface area contributed by atoms with Gasteiger partial charge in [0.25, 0.3) is 0 Å². The van der Waals surface area contributed by atoms with Gasteiger partial charge in [0, 0.05) is 0 Å². The summed E-state index contributed by atoms with van der Waals surface area (Å²) in [4.78, 5) is 0. The quantitative estimate of drug-likeness (QED) is 0.936. The number of aryl methyl sites for hydroxylation is 2. The summed E-state index contributed by atoms with van der Waals surface area (Å²) in [6, 6.07) is 8.77. The minimum atomic E-state index is -0.345. The van der Waals surface area contributed by atoms with Crippen molar-refractivity contribution in [2.45, 2.75) is 19.9 Å². The Balaban J connectivity index is 2.42. The second-order valence-corrected chi connectivity index (χ2v) is 5.06. The first-order valence-corrected chi connectivity index (χ1v) is 6.72. The van der Waals surface area contributed by atoms with Crippen molar-refractivity contribution in [1.29, 1.82) is 0 Å². The van der Waals surface area contributed by atoms with Gasteiger partial charge in [-0.05, 0) is 48.2 Å². The molecule has 0 saturated carbocycles. The molecule has 0 radical (unpaired) electrons. The van der Waals surface area contributed by atoms with Crippen molar-refractivity contribution in [2.24, 2.45) is 5.73 Å². The van der Waals surface area contributed by atoms with E-state index in [1.54, 1.807) is 40.2 Å². The van der Waals surface area contributed by atoms with Gasteiger partial charge in [-0.2, -0.15) is 0 Å². The number of benzene rings is 2. The second kappa shape index (κ2) is 6.14. The molecule has 0 aliphatic rings. The maximum atomic E-state index is 13.7. The van der Waals surface area contributed by atoms with Crippen molar-refractivity contribution in [3.63, 3.8) is 0 Å². The molecule has 0 spiro atoms. The van der Waals surface area contributed by atoms with Gasteiger partial charge in [-0.1, -0.05) is 18.2 Å². The zero-order valence-electron chi connectivity index (χ0n) is 12.7. The van der Waals surface area contributed by atoms with Crippen molar-refractivity contribution in [2.75, 3.05) is 14.2 Å². The van der Waals surface area contributed by atoms with Crippen molar-refractivity contribution in [3.8, 4) is 11.5 Å². The molecule has 2 aromatic carbocycles. The van der Waals surface area contributed by atoms with Gasteiger partial charge in [0.05, 0.1) is 20.3 Å². The summed E-state index contributed by atoms with van der Waals surface area (Å²) >= 11 is 0. The molecule has 0 bridgehead atoms. The van der Waals surface area contributed by atoms with Gasteiger partial charge >= 0.3 is 0 Å². The summed E-state index contributed by atoms with van der Waals surface area (Å²) in [5, 5.41) is 0. The van der Waals surface area contributed by atoms with E-state index in [-0.39, 0.29) is 11.9 Å². The smallest absolute Gasteiger partial charge is 0.161 e. The molecule has 2 aromatic rings. The molecule has 1 unspecified atom stereocenters. The first kappa shape index (κ1) is 15.3. The molecule has 0 heterocycles. The molecule has 0 aliphatic carbocycles. The van der Waals surface area contributed by atoms with Crippen molar-refractivity contribution >= 4 is 0 Å². The lowest BCUT2D eigenvalue weighted by Crippen LogP contribution is -2.13. The van der Waals surface area contributed by atoms with Crippen LogP contribution in [-0.4, -0.2) is 14.2 Å². The van der Waals surface area contributed by atoms with E-state index in [9.17, 15) is 4.39 Å². The highest BCUT2D eigenvalue weighted by molar-refractivity contribution is 5.46. The normalized spacial score (nSPS) is 12.1. The molecule has 4 heteroatoms. The Morgan fingerprint density at radius 3 is 2.00 bits per heavy atom. The third-order valence-corrected chi connectivity index (χ3v) is 3.58. The van der Waals surface area contributed by atoms with Crippen LogP contribution in [-0.2, 0) is 0 Å². The largest absolute Gasteiger partial charge is 0.493 e. The third kappa shape index (κ3) is 3.00. The van der Waals surface area contributed by atoms with Crippen LogP contribution in [0.5, 0.6) is 11.5 Å². The van der Waals surface area contributed by atoms with Crippen LogP contribution < -0.4 is 15.2 Å². The van der Waals surface area contributed by atoms with Crippen molar-refractivity contribution in [1.82, 2.24) is 0 Å². The summed E-state index contributed by atoms with van der Waals surface area (Å²) in [5.41, 5.74) is 9.26. The maximum Gasteiger partial charge on any atom is 0.161 e. The first-order valence-electron chi connectivity index (χ1n) is 6.72. The van der Waals surface area contributed by atoms with Gasteiger partial charge in [-0.3, -0.25) is 0 Å². The molecule has 0 fully saturated rings. The average molecular weight is 289 g/mol. The fraction of sp³-hybridized carbons (Fsp3) is 0.294. The lowest BCUT2D eigenvalue weighted by Gasteiger charge is -2.17. The molecule has 3 nitrogen and oxygen atoms in total. The molecule has 0 aliphatic heterocycles. The Kier molecular flexibility index (Phi) is 4.48. The van der Waals surface area contributed by atoms with Crippen LogP contribution in [0.25, 0.3) is 0 Å². The number of methoxy groups -OCH3 is 2. The minimum absolute atomic E-state index is 0.182. The summed E-state index contributed by atoms with van der Waals surface area (Å²) in [5.74, 6) is 1.10. The van der Waals surface area contributed by atoms with Gasteiger partial charge in [0.1, 0.15) is 5.82 Å². The van der Waals surface area contributed by atoms with Gasteiger partial charge < -0.3 is 15.2 Å². The Morgan fingerprint density at radius 1 is 0.905 bits per heavy atom. The first-order chi connectivity index (χ1) is 9.97. The predicted molar refractivity (Wildman–Crippen MR) is 81.5 cm³/mol. The molecule has 2 rings (SSSR count). The summed E-state index contributed by atoms with van der Waals surface area (Å²) in [7, 11) is 3.17. The van der Waals surface area contributed by atoms with E-state index in [1.165, 1.54) is 0 Å². The predicted octanol–water partition coefficient (Wildman–Crippen LogP) is 3.51. The maximum absolute atomic E-state index is 13.7. The Hall–Kier alpha value is -2.07. The minimum Gasteiger partial charge on any atom is -0.493 e. The van der Waals surface area contributed by atoms with Gasteiger partial charge in [-0.25, -0.2) is 4.39 Å². The van der Waals surface area contributed by atoms with E-state index in [4.69, 9.17) is 15.2 Å². The molecule has 112 valence electrons. The zero-order chi connectivity index (χ0) is 15.6. The second-order valence-electron chi connectivity index (χ2n) is 5.06. The highest BCUT2D eigenvalue weighted by Gasteiger charge is 2.15. The summed E-state index contributed by atoms with van der Waals surface area (Å²) in [6.07, 6.45) is 0. The standard InChI is InChI=1S/C17H20FNO2/c1-10-7-13(8-11(2)16(10)18)17(19)12-5-6-14(20-3)15(9-12)21-4/h5-9,17H,19H2,1-4H3. The number of ether oxygens (including phenoxy) is 2. The van der Waals surface area contributed by atoms with Crippen LogP contribution in [0.2, 0.25) is 0 Å². The lowest BCUT2D eigenvalue weighted by molar-refractivity contribution is 0.354. The van der Waals surface area contributed by atoms with Crippen LogP contribution in [0.3, 0.4) is 0 Å². The van der Waals surface area contributed by atoms with Crippen LogP contribution >= 0.6 is 0 Å². The monoisotopic (exact) mass is 289 g/mol. The topological polar surface area (TPSA) is 44.5 Å². The zero-order valence-corrected chi connectivity index (χ0v) is 12.7. The number of hydrogen-bond donors (Lipinski definition) is 1. The molecular weight excluding hydrogens is 269 g/mol. The van der Waals surface area contributed by atoms with Crippen LogP contribution in [0.4, 0.5) is 4.39 Å². The molecule has 0 aromatic heterocycles. The van der Waals surface area contributed by atoms with Crippen LogP contribution in [0, 0.1) is 19.7 Å². The summed E-state index contributed by atoms with van der Waals surface area (Å²) in [6.45, 7) is 3.49. The van der Waals surface area contributed by atoms with Gasteiger partial charge in [-0.15, -0.1) is 0 Å². The van der Waals surface area contributed by atoms with Crippen molar-refractivity contribution < 1.29 is 13.9 Å². The molecule has 0 amide bonds. The van der Waals surface area contributed by atoms with E-state index < -0.39 is 0 Å². The highest BCUT2D eigenvalue weighted by atomic mass is 19.1. The van der Waals surface area contributed by atoms with Crippen LogP contribution in [0.15, 0.2) is 30.3 Å². The van der Waals surface area contributed by atoms with E-state index in [0.717, 1.165) is 11.1 Å². The Bertz CT molecular complexity index is 632. The summed E-state index contributed by atoms with van der Waals surface area (Å²) < 4.78 is 24.2. The van der Waals surface area contributed by atoms with Gasteiger partial charge in [0.15, 0.2) is 11.5 Å². The number of hydrogen-bond acceptors (Lipinski definition) is 3. The van der Waals surface area contributed by atoms with E-state index in [1.807, 2.05) is 18.2 Å². The Morgan fingerprint density at radius 2 is 1.48 bits per heavy atom. The van der Waals surface area contributed by atoms with Gasteiger partial charge in [0.2, 0.25) is 0 Å². The molecular formula is C17H20FNO2. The Labute approximate surface area is 124 Å². The van der Waals surface area contributed by atoms with E-state index in [2.05, 4.69) is 0 Å². The molecule has 21 heavy (non-hydrogen) atoms. The molecule has 0 saturated heterocycles. The van der Waals surface area contributed by atoms with Crippen molar-refractivity contribution in [3.05, 3.63) is 58.4 Å². The number of rotatable bonds is 4. The third-order valence-electron chi connectivity index (χ3n) is 3.58.